The first-order chi connectivity index (χ1) is 8.47. The summed E-state index contributed by atoms with van der Waals surface area (Å²) >= 11 is 0. The maximum atomic E-state index is 11.6. The Bertz CT molecular complexity index is 304. The molecule has 0 saturated carbocycles. The second-order valence-corrected chi connectivity index (χ2v) is 3.52. The molecule has 0 heterocycles. The van der Waals surface area contributed by atoms with Crippen molar-refractivity contribution in [1.82, 2.24) is 4.90 Å². The van der Waals surface area contributed by atoms with Crippen molar-refractivity contribution >= 4 is 17.8 Å². The molecule has 7 heteroatoms. The maximum Gasteiger partial charge on any atom is 0.329 e. The molecule has 0 fully saturated rings. The molecule has 1 unspecified atom stereocenters. The zero-order valence-electron chi connectivity index (χ0n) is 11.1. The van der Waals surface area contributed by atoms with Crippen LogP contribution in [0.2, 0.25) is 0 Å². The molecule has 0 saturated heterocycles. The molecule has 1 amide bonds. The van der Waals surface area contributed by atoms with Gasteiger partial charge in [0.25, 0.3) is 0 Å². The van der Waals surface area contributed by atoms with Crippen molar-refractivity contribution in [2.75, 3.05) is 34.5 Å². The SMILES string of the molecule is COCCN(C(C)=O)C(CC(=O)OC)C(=O)OC. The van der Waals surface area contributed by atoms with Crippen molar-refractivity contribution in [3.63, 3.8) is 0 Å². The Morgan fingerprint density at radius 1 is 1.11 bits per heavy atom. The van der Waals surface area contributed by atoms with Crippen molar-refractivity contribution < 1.29 is 28.6 Å². The Hall–Kier alpha value is -1.63. The first-order valence-electron chi connectivity index (χ1n) is 5.38. The molecule has 0 aliphatic heterocycles. The minimum Gasteiger partial charge on any atom is -0.469 e. The van der Waals surface area contributed by atoms with Gasteiger partial charge in [0.1, 0.15) is 6.04 Å². The molecule has 7 nitrogen and oxygen atoms in total. The molecule has 0 rings (SSSR count). The smallest absolute Gasteiger partial charge is 0.329 e. The molecule has 0 aromatic rings. The fourth-order valence-corrected chi connectivity index (χ4v) is 1.42. The lowest BCUT2D eigenvalue weighted by Gasteiger charge is -2.27. The number of ether oxygens (including phenoxy) is 3. The summed E-state index contributed by atoms with van der Waals surface area (Å²) in [5.41, 5.74) is 0. The molecule has 0 bridgehead atoms. The summed E-state index contributed by atoms with van der Waals surface area (Å²) in [6.07, 6.45) is -0.244. The van der Waals surface area contributed by atoms with E-state index in [2.05, 4.69) is 9.47 Å². The van der Waals surface area contributed by atoms with E-state index in [1.807, 2.05) is 0 Å². The van der Waals surface area contributed by atoms with Gasteiger partial charge in [-0.1, -0.05) is 0 Å². The second-order valence-electron chi connectivity index (χ2n) is 3.52. The number of carbonyl (C=O) groups excluding carboxylic acids is 3. The fourth-order valence-electron chi connectivity index (χ4n) is 1.42. The summed E-state index contributed by atoms with van der Waals surface area (Å²) in [5.74, 6) is -1.59. The van der Waals surface area contributed by atoms with E-state index in [1.165, 1.54) is 33.2 Å². The third-order valence-corrected chi connectivity index (χ3v) is 2.38. The predicted molar refractivity (Wildman–Crippen MR) is 61.7 cm³/mol. The van der Waals surface area contributed by atoms with Crippen LogP contribution in [0.1, 0.15) is 13.3 Å². The molecule has 1 atom stereocenters. The quantitative estimate of drug-likeness (QED) is 0.579. The Morgan fingerprint density at radius 3 is 2.11 bits per heavy atom. The fraction of sp³-hybridized carbons (Fsp3) is 0.727. The van der Waals surface area contributed by atoms with Crippen LogP contribution in [0, 0.1) is 0 Å². The van der Waals surface area contributed by atoms with Crippen LogP contribution in [0.3, 0.4) is 0 Å². The zero-order chi connectivity index (χ0) is 14.1. The van der Waals surface area contributed by atoms with E-state index < -0.39 is 18.0 Å². The Kier molecular flexibility index (Phi) is 7.69. The minimum absolute atomic E-state index is 0.197. The highest BCUT2D eigenvalue weighted by Gasteiger charge is 2.31. The van der Waals surface area contributed by atoms with Gasteiger partial charge in [-0.25, -0.2) is 4.79 Å². The van der Waals surface area contributed by atoms with Gasteiger partial charge >= 0.3 is 11.9 Å². The molecule has 0 aromatic carbocycles. The van der Waals surface area contributed by atoms with E-state index in [1.54, 1.807) is 0 Å². The topological polar surface area (TPSA) is 82.1 Å². The molecule has 0 aliphatic rings. The highest BCUT2D eigenvalue weighted by Crippen LogP contribution is 2.08. The monoisotopic (exact) mass is 261 g/mol. The molecule has 0 spiro atoms. The molecule has 0 aliphatic carbocycles. The number of hydrogen-bond acceptors (Lipinski definition) is 6. The Balaban J connectivity index is 4.91. The molecule has 104 valence electrons. The average molecular weight is 261 g/mol. The van der Waals surface area contributed by atoms with Gasteiger partial charge in [-0.3, -0.25) is 9.59 Å². The van der Waals surface area contributed by atoms with E-state index >= 15 is 0 Å². The van der Waals surface area contributed by atoms with Crippen LogP contribution in [-0.2, 0) is 28.6 Å². The van der Waals surface area contributed by atoms with Crippen molar-refractivity contribution in [2.24, 2.45) is 0 Å². The summed E-state index contributed by atoms with van der Waals surface area (Å²) < 4.78 is 13.9. The van der Waals surface area contributed by atoms with Gasteiger partial charge in [0.05, 0.1) is 27.2 Å². The maximum absolute atomic E-state index is 11.6. The van der Waals surface area contributed by atoms with E-state index in [-0.39, 0.29) is 25.5 Å². The first kappa shape index (κ1) is 16.4. The van der Waals surface area contributed by atoms with Crippen molar-refractivity contribution in [3.8, 4) is 0 Å². The van der Waals surface area contributed by atoms with E-state index in [0.29, 0.717) is 0 Å². The molecular formula is C11H19NO6. The van der Waals surface area contributed by atoms with Gasteiger partial charge in [0, 0.05) is 20.6 Å². The van der Waals surface area contributed by atoms with Crippen LogP contribution in [0.4, 0.5) is 0 Å². The van der Waals surface area contributed by atoms with E-state index in [0.717, 1.165) is 0 Å². The number of nitrogens with zero attached hydrogens (tertiary/aromatic N) is 1. The molecule has 0 radical (unpaired) electrons. The van der Waals surface area contributed by atoms with Crippen molar-refractivity contribution in [2.45, 2.75) is 19.4 Å². The minimum atomic E-state index is -0.991. The summed E-state index contributed by atoms with van der Waals surface area (Å²) in [6.45, 7) is 1.76. The van der Waals surface area contributed by atoms with Gasteiger partial charge in [0.2, 0.25) is 5.91 Å². The molecule has 0 N–H and O–H groups in total. The summed E-state index contributed by atoms with van der Waals surface area (Å²) in [7, 11) is 3.89. The molecular weight excluding hydrogens is 242 g/mol. The lowest BCUT2D eigenvalue weighted by molar-refractivity contribution is -0.157. The Labute approximate surface area is 106 Å². The number of rotatable bonds is 7. The third kappa shape index (κ3) is 5.13. The van der Waals surface area contributed by atoms with Crippen molar-refractivity contribution in [1.29, 1.82) is 0 Å². The number of methoxy groups -OCH3 is 3. The highest BCUT2D eigenvalue weighted by atomic mass is 16.5. The van der Waals surface area contributed by atoms with E-state index in [4.69, 9.17) is 4.74 Å². The first-order valence-corrected chi connectivity index (χ1v) is 5.38. The van der Waals surface area contributed by atoms with Crippen LogP contribution < -0.4 is 0 Å². The lowest BCUT2D eigenvalue weighted by Crippen LogP contribution is -2.47. The Morgan fingerprint density at radius 2 is 1.72 bits per heavy atom. The number of carbonyl (C=O) groups is 3. The van der Waals surface area contributed by atoms with Crippen molar-refractivity contribution in [3.05, 3.63) is 0 Å². The van der Waals surface area contributed by atoms with Crippen LogP contribution >= 0.6 is 0 Å². The number of hydrogen-bond donors (Lipinski definition) is 0. The third-order valence-electron chi connectivity index (χ3n) is 2.38. The van der Waals surface area contributed by atoms with Crippen LogP contribution in [0.5, 0.6) is 0 Å². The van der Waals surface area contributed by atoms with Gasteiger partial charge < -0.3 is 19.1 Å². The van der Waals surface area contributed by atoms with Gasteiger partial charge in [-0.15, -0.1) is 0 Å². The predicted octanol–water partition coefficient (Wildman–Crippen LogP) is -0.414. The van der Waals surface area contributed by atoms with Gasteiger partial charge in [-0.05, 0) is 0 Å². The van der Waals surface area contributed by atoms with Gasteiger partial charge in [-0.2, -0.15) is 0 Å². The van der Waals surface area contributed by atoms with Crippen LogP contribution in [0.25, 0.3) is 0 Å². The average Bonchev–Trinajstić information content (AvgIpc) is 2.36. The molecule has 0 aromatic heterocycles. The number of amides is 1. The van der Waals surface area contributed by atoms with Gasteiger partial charge in [0.15, 0.2) is 0 Å². The summed E-state index contributed by atoms with van der Waals surface area (Å²) in [4.78, 5) is 35.6. The zero-order valence-corrected chi connectivity index (χ0v) is 11.1. The summed E-state index contributed by atoms with van der Waals surface area (Å²) in [6, 6.07) is -0.991. The lowest BCUT2D eigenvalue weighted by atomic mass is 10.1. The van der Waals surface area contributed by atoms with Crippen LogP contribution in [-0.4, -0.2) is 63.3 Å². The van der Waals surface area contributed by atoms with Crippen LogP contribution in [0.15, 0.2) is 0 Å². The molecule has 18 heavy (non-hydrogen) atoms. The second kappa shape index (κ2) is 8.46. The largest absolute Gasteiger partial charge is 0.469 e. The normalized spacial score (nSPS) is 11.6. The standard InChI is InChI=1S/C11H19NO6/c1-8(13)12(5-6-16-2)9(11(15)18-4)7-10(14)17-3/h9H,5-7H2,1-4H3. The van der Waals surface area contributed by atoms with E-state index in [9.17, 15) is 14.4 Å². The highest BCUT2D eigenvalue weighted by molar-refractivity contribution is 5.87. The number of esters is 2. The summed E-state index contributed by atoms with van der Waals surface area (Å²) in [5, 5.41) is 0.